The number of carbonyl (C=O) groups excluding carboxylic acids is 2. The largest absolute Gasteiger partial charge is 0.444 e. The van der Waals surface area contributed by atoms with E-state index < -0.39 is 5.60 Å². The van der Waals surface area contributed by atoms with Crippen LogP contribution in [0.5, 0.6) is 0 Å². The summed E-state index contributed by atoms with van der Waals surface area (Å²) >= 11 is 0. The van der Waals surface area contributed by atoms with Gasteiger partial charge >= 0.3 is 6.09 Å². The molecule has 0 unspecified atom stereocenters. The number of nitrogens with zero attached hydrogens (tertiary/aromatic N) is 2. The van der Waals surface area contributed by atoms with Crippen molar-refractivity contribution in [2.45, 2.75) is 52.1 Å². The summed E-state index contributed by atoms with van der Waals surface area (Å²) in [7, 11) is 0. The van der Waals surface area contributed by atoms with Crippen molar-refractivity contribution in [2.24, 2.45) is 5.92 Å². The van der Waals surface area contributed by atoms with Crippen LogP contribution in [0.1, 0.15) is 56.9 Å². The number of nitrogens with one attached hydrogen (secondary N) is 1. The van der Waals surface area contributed by atoms with Gasteiger partial charge in [-0.1, -0.05) is 0 Å². The molecule has 1 amide bonds. The van der Waals surface area contributed by atoms with Gasteiger partial charge in [-0.05, 0) is 46.0 Å². The fourth-order valence-corrected chi connectivity index (χ4v) is 2.68. The summed E-state index contributed by atoms with van der Waals surface area (Å²) in [4.78, 5) is 25.8. The van der Waals surface area contributed by atoms with Gasteiger partial charge in [0, 0.05) is 25.6 Å². The van der Waals surface area contributed by atoms with E-state index in [2.05, 4.69) is 10.2 Å². The number of anilines is 1. The molecular formula is C16H26N4O3. The van der Waals surface area contributed by atoms with Crippen molar-refractivity contribution >= 4 is 17.7 Å². The third-order valence-corrected chi connectivity index (χ3v) is 3.94. The van der Waals surface area contributed by atoms with Crippen molar-refractivity contribution in [2.75, 3.05) is 18.8 Å². The molecule has 23 heavy (non-hydrogen) atoms. The first-order valence-corrected chi connectivity index (χ1v) is 8.06. The van der Waals surface area contributed by atoms with E-state index in [9.17, 15) is 9.59 Å². The lowest BCUT2D eigenvalue weighted by Crippen LogP contribution is -2.41. The van der Waals surface area contributed by atoms with E-state index in [-0.39, 0.29) is 11.9 Å². The molecule has 1 aliphatic heterocycles. The number of rotatable bonds is 4. The number of nitrogens with two attached hydrogens (primary N) is 1. The minimum Gasteiger partial charge on any atom is -0.444 e. The van der Waals surface area contributed by atoms with E-state index >= 15 is 0 Å². The number of hydrogen-bond donors (Lipinski definition) is 2. The number of H-pyrrole nitrogens is 1. The molecule has 0 aromatic carbocycles. The van der Waals surface area contributed by atoms with Crippen molar-refractivity contribution in [3.8, 4) is 0 Å². The second-order valence-corrected chi connectivity index (χ2v) is 7.08. The molecule has 0 bridgehead atoms. The number of ketones is 1. The molecule has 1 aliphatic rings. The second-order valence-electron chi connectivity index (χ2n) is 7.08. The molecule has 0 atom stereocenters. The topological polar surface area (TPSA) is 101 Å². The van der Waals surface area contributed by atoms with Gasteiger partial charge < -0.3 is 15.4 Å². The Labute approximate surface area is 136 Å². The molecule has 7 heteroatoms. The van der Waals surface area contributed by atoms with Crippen LogP contribution in [0.4, 0.5) is 10.6 Å². The van der Waals surface area contributed by atoms with Gasteiger partial charge in [0.15, 0.2) is 5.78 Å². The number of piperidine rings is 1. The fourth-order valence-electron chi connectivity index (χ4n) is 2.68. The number of aromatic amines is 1. The van der Waals surface area contributed by atoms with Crippen LogP contribution in [0.3, 0.4) is 0 Å². The Balaban J connectivity index is 1.72. The molecule has 2 rings (SSSR count). The van der Waals surface area contributed by atoms with Crippen molar-refractivity contribution in [1.82, 2.24) is 15.1 Å². The molecule has 128 valence electrons. The molecule has 1 fully saturated rings. The van der Waals surface area contributed by atoms with Gasteiger partial charge in [0.2, 0.25) is 0 Å². The number of likely N-dealkylation sites (tertiary alicyclic amines) is 1. The zero-order chi connectivity index (χ0) is 17.0. The maximum absolute atomic E-state index is 12.0. The number of amides is 1. The highest BCUT2D eigenvalue weighted by molar-refractivity contribution is 5.94. The normalized spacial score (nSPS) is 16.4. The smallest absolute Gasteiger partial charge is 0.410 e. The molecule has 7 nitrogen and oxygen atoms in total. The average molecular weight is 322 g/mol. The first-order chi connectivity index (χ1) is 10.7. The number of carbonyl (C=O) groups is 2. The molecule has 0 aliphatic carbocycles. The maximum atomic E-state index is 12.0. The van der Waals surface area contributed by atoms with Crippen LogP contribution in [0, 0.1) is 5.92 Å². The molecule has 1 saturated heterocycles. The predicted octanol–water partition coefficient (Wildman–Crippen LogP) is 2.60. The lowest BCUT2D eigenvalue weighted by molar-refractivity contribution is 0.0180. The zero-order valence-electron chi connectivity index (χ0n) is 14.1. The Morgan fingerprint density at radius 3 is 2.57 bits per heavy atom. The van der Waals surface area contributed by atoms with Crippen LogP contribution in [0.2, 0.25) is 0 Å². The first-order valence-electron chi connectivity index (χ1n) is 8.06. The van der Waals surface area contributed by atoms with Crippen LogP contribution < -0.4 is 5.73 Å². The monoisotopic (exact) mass is 322 g/mol. The highest BCUT2D eigenvalue weighted by atomic mass is 16.6. The Hall–Kier alpha value is -2.05. The standard InChI is InChI=1S/C16H26N4O3/c1-16(2,3)23-15(22)20-8-6-11(7-9-20)4-5-13(21)12-10-14(17)19-18-12/h10-11H,4-9H2,1-3H3,(H3,17,18,19). The Morgan fingerprint density at radius 1 is 1.39 bits per heavy atom. The molecule has 3 N–H and O–H groups in total. The summed E-state index contributed by atoms with van der Waals surface area (Å²) in [6.07, 6.45) is 2.84. The van der Waals surface area contributed by atoms with Gasteiger partial charge in [-0.25, -0.2) is 4.79 Å². The van der Waals surface area contributed by atoms with E-state index in [1.54, 1.807) is 11.0 Å². The molecule has 0 radical (unpaired) electrons. The highest BCUT2D eigenvalue weighted by Crippen LogP contribution is 2.24. The summed E-state index contributed by atoms with van der Waals surface area (Å²) in [5, 5.41) is 6.41. The third-order valence-electron chi connectivity index (χ3n) is 3.94. The van der Waals surface area contributed by atoms with Gasteiger partial charge in [0.05, 0.1) is 0 Å². The van der Waals surface area contributed by atoms with Gasteiger partial charge in [0.1, 0.15) is 17.1 Å². The number of ether oxygens (including phenoxy) is 1. The zero-order valence-corrected chi connectivity index (χ0v) is 14.1. The summed E-state index contributed by atoms with van der Waals surface area (Å²) in [6.45, 7) is 6.97. The molecule has 1 aromatic heterocycles. The molecular weight excluding hydrogens is 296 g/mol. The van der Waals surface area contributed by atoms with Gasteiger partial charge in [0.25, 0.3) is 0 Å². The van der Waals surface area contributed by atoms with Crippen LogP contribution >= 0.6 is 0 Å². The van der Waals surface area contributed by atoms with Crippen molar-refractivity contribution in [1.29, 1.82) is 0 Å². The lowest BCUT2D eigenvalue weighted by atomic mass is 9.91. The van der Waals surface area contributed by atoms with E-state index in [1.165, 1.54) is 0 Å². The van der Waals surface area contributed by atoms with Gasteiger partial charge in [-0.3, -0.25) is 9.89 Å². The first kappa shape index (κ1) is 17.3. The van der Waals surface area contributed by atoms with E-state index in [1.807, 2.05) is 20.8 Å². The summed E-state index contributed by atoms with van der Waals surface area (Å²) in [6, 6.07) is 1.56. The fraction of sp³-hybridized carbons (Fsp3) is 0.688. The Morgan fingerprint density at radius 2 is 2.04 bits per heavy atom. The number of nitrogen functional groups attached to an aromatic ring is 1. The number of hydrogen-bond acceptors (Lipinski definition) is 5. The van der Waals surface area contributed by atoms with Gasteiger partial charge in [-0.15, -0.1) is 0 Å². The van der Waals surface area contributed by atoms with Crippen molar-refractivity contribution in [3.05, 3.63) is 11.8 Å². The second kappa shape index (κ2) is 7.02. The predicted molar refractivity (Wildman–Crippen MR) is 87.1 cm³/mol. The summed E-state index contributed by atoms with van der Waals surface area (Å²) < 4.78 is 5.38. The number of Topliss-reactive ketones (excluding diaryl/α,β-unsaturated/α-hetero) is 1. The SMILES string of the molecule is CC(C)(C)OC(=O)N1CCC(CCC(=O)c2cc(N)n[nH]2)CC1. The van der Waals surface area contributed by atoms with Crippen LogP contribution in [0.15, 0.2) is 6.07 Å². The van der Waals surface area contributed by atoms with E-state index in [0.29, 0.717) is 36.9 Å². The van der Waals surface area contributed by atoms with Crippen LogP contribution in [-0.2, 0) is 4.74 Å². The summed E-state index contributed by atoms with van der Waals surface area (Å²) in [5.74, 6) is 0.820. The maximum Gasteiger partial charge on any atom is 0.410 e. The molecule has 0 saturated carbocycles. The molecule has 0 spiro atoms. The highest BCUT2D eigenvalue weighted by Gasteiger charge is 2.27. The Kier molecular flexibility index (Phi) is 5.28. The van der Waals surface area contributed by atoms with Crippen molar-refractivity contribution in [3.63, 3.8) is 0 Å². The summed E-state index contributed by atoms with van der Waals surface area (Å²) in [5.41, 5.74) is 5.50. The Bertz CT molecular complexity index is 554. The third kappa shape index (κ3) is 5.26. The van der Waals surface area contributed by atoms with Crippen LogP contribution in [-0.4, -0.2) is 45.7 Å². The lowest BCUT2D eigenvalue weighted by Gasteiger charge is -2.33. The van der Waals surface area contributed by atoms with Crippen molar-refractivity contribution < 1.29 is 14.3 Å². The van der Waals surface area contributed by atoms with Gasteiger partial charge in [-0.2, -0.15) is 5.10 Å². The van der Waals surface area contributed by atoms with E-state index in [4.69, 9.17) is 10.5 Å². The minimum atomic E-state index is -0.466. The van der Waals surface area contributed by atoms with Crippen LogP contribution in [0.25, 0.3) is 0 Å². The quantitative estimate of drug-likeness (QED) is 0.830. The molecule has 1 aromatic rings. The number of aromatic nitrogens is 2. The minimum absolute atomic E-state index is 0.0313. The molecule has 2 heterocycles. The van der Waals surface area contributed by atoms with E-state index in [0.717, 1.165) is 19.3 Å². The average Bonchev–Trinajstić information content (AvgIpc) is 2.90.